The van der Waals surface area contributed by atoms with E-state index >= 15 is 0 Å². The number of ether oxygens (including phenoxy) is 4. The van der Waals surface area contributed by atoms with Crippen LogP contribution in [0.3, 0.4) is 0 Å². The molecule has 4 unspecified atom stereocenters. The molecule has 0 aliphatic carbocycles. The Morgan fingerprint density at radius 2 is 0.361 bits per heavy atom. The molecule has 0 heterocycles. The second-order valence-electron chi connectivity index (χ2n) is 23.5. The Kier molecular flexibility index (Phi) is 57.3. The number of unbranched alkanes of at least 4 members (excludes halogenated alkanes) is 4. The van der Waals surface area contributed by atoms with Crippen LogP contribution in [-0.4, -0.2) is 144 Å². The van der Waals surface area contributed by atoms with Crippen molar-refractivity contribution in [1.29, 1.82) is 0 Å². The largest absolute Gasteiger partial charge is 4.00 e. The molecule has 0 aliphatic heterocycles. The number of aliphatic carboxylic acids is 4. The summed E-state index contributed by atoms with van der Waals surface area (Å²) in [6.45, 7) is 29.0. The Bertz CT molecular complexity index is 2090. The second kappa shape index (κ2) is 55.4. The third-order valence-corrected chi connectivity index (χ3v) is 15.8. The van der Waals surface area contributed by atoms with Gasteiger partial charge in [-0.1, -0.05) is 136 Å². The topological polar surface area (TPSA) is 402 Å². The summed E-state index contributed by atoms with van der Waals surface area (Å²) in [6, 6.07) is 0. The van der Waals surface area contributed by atoms with Gasteiger partial charge < -0.3 is 58.6 Å². The van der Waals surface area contributed by atoms with Crippen LogP contribution in [0, 0.1) is 21.7 Å². The Morgan fingerprint density at radius 3 is 0.443 bits per heavy atom. The smallest absolute Gasteiger partial charge is 0.548 e. The minimum atomic E-state index is -2.74. The number of hydrogen-bond donors (Lipinski definition) is 0. The molecule has 0 N–H and O–H groups in total. The predicted octanol–water partition coefficient (Wildman–Crippen LogP) is 6.50. The molecular formula is C72H116O24Zr. The summed E-state index contributed by atoms with van der Waals surface area (Å²) in [7, 11) is 0. The summed E-state index contributed by atoms with van der Waals surface area (Å²) in [5.41, 5.74) is -10.9. The normalized spacial score (nSPS) is 12.5. The summed E-state index contributed by atoms with van der Waals surface area (Å²) in [5.74, 6) is -18.8. The Balaban J connectivity index is -0.000000386. The fourth-order valence-electron chi connectivity index (χ4n) is 10.3. The molecule has 0 rings (SSSR count). The molecule has 0 aliphatic rings. The Hall–Kier alpha value is -5.36. The van der Waals surface area contributed by atoms with Crippen molar-refractivity contribution in [3.8, 4) is 0 Å². The van der Waals surface area contributed by atoms with Gasteiger partial charge in [-0.05, 0) is 103 Å². The molecule has 0 spiro atoms. The van der Waals surface area contributed by atoms with Gasteiger partial charge in [-0.15, -0.1) is 0 Å². The zero-order chi connectivity index (χ0) is 75.0. The molecule has 0 aromatic rings. The van der Waals surface area contributed by atoms with Gasteiger partial charge in [-0.2, -0.15) is 0 Å². The number of carboxylic acids is 4. The average Bonchev–Trinajstić information content (AvgIpc) is 0.797. The minimum absolute atomic E-state index is 0. The van der Waals surface area contributed by atoms with Crippen LogP contribution < -0.4 is 20.4 Å². The van der Waals surface area contributed by atoms with E-state index in [1.165, 1.54) is 0 Å². The first-order chi connectivity index (χ1) is 45.3. The van der Waals surface area contributed by atoms with Gasteiger partial charge >= 0.3 is 26.2 Å². The quantitative estimate of drug-likeness (QED) is 0.0463. The molecule has 0 saturated heterocycles. The van der Waals surface area contributed by atoms with Crippen LogP contribution in [0.1, 0.15) is 291 Å². The van der Waals surface area contributed by atoms with E-state index in [4.69, 9.17) is 18.9 Å². The van der Waals surface area contributed by atoms with E-state index in [2.05, 4.69) is 0 Å². The van der Waals surface area contributed by atoms with E-state index in [0.717, 1.165) is 25.7 Å². The third-order valence-electron chi connectivity index (χ3n) is 15.8. The Morgan fingerprint density at radius 1 is 0.237 bits per heavy atom. The van der Waals surface area contributed by atoms with Gasteiger partial charge in [0.15, 0.2) is 91.1 Å². The second-order valence-corrected chi connectivity index (χ2v) is 23.5. The van der Waals surface area contributed by atoms with Gasteiger partial charge in [0, 0.05) is 77.8 Å². The van der Waals surface area contributed by atoms with Crippen molar-refractivity contribution in [2.45, 2.75) is 315 Å². The molecule has 0 aromatic heterocycles. The molecule has 24 nitrogen and oxygen atoms in total. The number of hydrogen-bond acceptors (Lipinski definition) is 24. The maximum atomic E-state index is 12.9. The average molecular weight is 1460 g/mol. The zero-order valence-electron chi connectivity index (χ0n) is 61.2. The first kappa shape index (κ1) is 100. The minimum Gasteiger partial charge on any atom is -0.548 e. The van der Waals surface area contributed by atoms with Crippen LogP contribution in [0.15, 0.2) is 0 Å². The van der Waals surface area contributed by atoms with Gasteiger partial charge in [-0.3, -0.25) is 57.5 Å². The number of rotatable bonds is 56. The van der Waals surface area contributed by atoms with Crippen LogP contribution in [0.2, 0.25) is 0 Å². The number of Topliss-reactive ketones (excluding diaryl/α,β-unsaturated/α-hetero) is 12. The molecule has 25 heteroatoms. The fourth-order valence-corrected chi connectivity index (χ4v) is 10.3. The van der Waals surface area contributed by atoms with Crippen LogP contribution in [0.25, 0.3) is 0 Å². The Labute approximate surface area is 595 Å². The van der Waals surface area contributed by atoms with Crippen molar-refractivity contribution in [2.24, 2.45) is 21.7 Å². The van der Waals surface area contributed by atoms with Gasteiger partial charge in [0.05, 0.1) is 23.9 Å². The predicted molar refractivity (Wildman–Crippen MR) is 349 cm³/mol. The van der Waals surface area contributed by atoms with Crippen molar-refractivity contribution < 1.29 is 142 Å². The van der Waals surface area contributed by atoms with Gasteiger partial charge in [0.1, 0.15) is 24.4 Å². The van der Waals surface area contributed by atoms with E-state index in [0.29, 0.717) is 77.0 Å². The molecule has 0 aromatic carbocycles. The number of carbonyl (C=O) groups excluding carboxylic acids is 16. The summed E-state index contributed by atoms with van der Waals surface area (Å²) < 4.78 is 21.8. The van der Waals surface area contributed by atoms with Gasteiger partial charge in [0.25, 0.3) is 0 Å². The van der Waals surface area contributed by atoms with E-state index in [-0.39, 0.29) is 130 Å². The molecule has 0 fully saturated rings. The molecular weight excluding hydrogens is 1340 g/mol. The molecule has 0 amide bonds. The van der Waals surface area contributed by atoms with E-state index < -0.39 is 139 Å². The maximum Gasteiger partial charge on any atom is 4.00 e. The first-order valence-electron chi connectivity index (χ1n) is 35.1. The zero-order valence-corrected chi connectivity index (χ0v) is 63.7. The number of carbonyl (C=O) groups is 16. The van der Waals surface area contributed by atoms with Gasteiger partial charge in [-0.25, -0.2) is 0 Å². The number of ketones is 12. The van der Waals surface area contributed by atoms with Crippen molar-refractivity contribution in [3.63, 3.8) is 0 Å². The summed E-state index contributed by atoms with van der Waals surface area (Å²) in [5, 5.41) is 47.3. The monoisotopic (exact) mass is 1450 g/mol. The van der Waals surface area contributed by atoms with Crippen molar-refractivity contribution in [1.82, 2.24) is 0 Å². The SMILES string of the molecule is CCCCOC(CC)C(=O)C(C(=O)[O-])(C(=O)CCC)C(=O)CCC.CCCCOC(CC)C(=O)C(C(=O)[O-])(C(=O)CCC)C(=O)CCC.CCCCOC(CC)C(=O)C(C(=O)[O-])(C(=O)CCC)C(=O)CCC.CCCCOC(CC)C(=O)C(C(=O)[O-])(C(=O)CCC)C(=O)CCC.[Zr+4]. The molecule has 0 saturated carbocycles. The van der Waals surface area contributed by atoms with Gasteiger partial charge in [0.2, 0.25) is 0 Å². The molecule has 97 heavy (non-hydrogen) atoms. The van der Waals surface area contributed by atoms with Crippen molar-refractivity contribution in [3.05, 3.63) is 0 Å². The molecule has 0 bridgehead atoms. The third kappa shape index (κ3) is 28.3. The van der Waals surface area contributed by atoms with Crippen LogP contribution in [0.5, 0.6) is 0 Å². The number of carboxylic acid groups (broad SMARTS) is 4. The summed E-state index contributed by atoms with van der Waals surface area (Å²) >= 11 is 0. The molecule has 4 atom stereocenters. The van der Waals surface area contributed by atoms with Crippen LogP contribution in [0.4, 0.5) is 0 Å². The van der Waals surface area contributed by atoms with E-state index in [9.17, 15) is 97.1 Å². The standard InChI is InChI=1S/4C18H30O6.Zr/c4*1-5-9-12-24-13(8-4)16(21)18(17(22)23,14(19)10-6-2)15(20)11-7-3;/h4*13H,5-12H2,1-4H3,(H,22,23);/q;;;;+4/p-4. The van der Waals surface area contributed by atoms with Crippen LogP contribution >= 0.6 is 0 Å². The van der Waals surface area contributed by atoms with E-state index in [1.807, 2.05) is 27.7 Å². The summed E-state index contributed by atoms with van der Waals surface area (Å²) in [6.07, 6.45) is 3.96. The van der Waals surface area contributed by atoms with Crippen molar-refractivity contribution in [2.75, 3.05) is 26.4 Å². The summed E-state index contributed by atoms with van der Waals surface area (Å²) in [4.78, 5) is 199. The maximum absolute atomic E-state index is 12.9. The van der Waals surface area contributed by atoms with Crippen molar-refractivity contribution >= 4 is 93.3 Å². The first-order valence-corrected chi connectivity index (χ1v) is 35.1. The fraction of sp³-hybridized carbons (Fsp3) is 0.778. The van der Waals surface area contributed by atoms with Crippen LogP contribution in [-0.2, 0) is 122 Å². The molecule has 0 radical (unpaired) electrons. The molecule has 552 valence electrons. The van der Waals surface area contributed by atoms with E-state index in [1.54, 1.807) is 83.1 Å².